The number of piperidine rings is 1. The smallest absolute Gasteiger partial charge is 0.323 e. The molecule has 0 bridgehead atoms. The van der Waals surface area contributed by atoms with Gasteiger partial charge in [-0.3, -0.25) is 4.79 Å². The fourth-order valence-electron chi connectivity index (χ4n) is 2.42. The van der Waals surface area contributed by atoms with Crippen LogP contribution in [-0.2, 0) is 20.9 Å². The number of nitrogens with one attached hydrogen (secondary N) is 1. The molecule has 20 heavy (non-hydrogen) atoms. The highest BCUT2D eigenvalue weighted by Gasteiger charge is 2.26. The van der Waals surface area contributed by atoms with Crippen LogP contribution >= 0.6 is 0 Å². The molecular formula is C16H23NO3. The van der Waals surface area contributed by atoms with Crippen molar-refractivity contribution < 1.29 is 14.3 Å². The second kappa shape index (κ2) is 8.02. The SMILES string of the molecule is CCOC(=O)[C@@H]1CC[C@@H](COCc2ccccc2)CN1. The van der Waals surface area contributed by atoms with E-state index < -0.39 is 0 Å². The molecule has 1 saturated heterocycles. The maximum atomic E-state index is 11.6. The summed E-state index contributed by atoms with van der Waals surface area (Å²) in [6.45, 7) is 4.48. The van der Waals surface area contributed by atoms with Crippen molar-refractivity contribution in [2.45, 2.75) is 32.4 Å². The summed E-state index contributed by atoms with van der Waals surface area (Å²) in [5, 5.41) is 3.25. The normalized spacial score (nSPS) is 22.4. The minimum Gasteiger partial charge on any atom is -0.465 e. The van der Waals surface area contributed by atoms with Gasteiger partial charge in [-0.1, -0.05) is 30.3 Å². The van der Waals surface area contributed by atoms with Crippen LogP contribution in [0.4, 0.5) is 0 Å². The quantitative estimate of drug-likeness (QED) is 0.809. The van der Waals surface area contributed by atoms with Crippen molar-refractivity contribution in [1.82, 2.24) is 5.32 Å². The highest BCUT2D eigenvalue weighted by Crippen LogP contribution is 2.16. The summed E-state index contributed by atoms with van der Waals surface area (Å²) >= 11 is 0. The Morgan fingerprint density at radius 1 is 1.30 bits per heavy atom. The van der Waals surface area contributed by atoms with Gasteiger partial charge < -0.3 is 14.8 Å². The number of ether oxygens (including phenoxy) is 2. The van der Waals surface area contributed by atoms with Crippen molar-refractivity contribution in [2.24, 2.45) is 5.92 Å². The topological polar surface area (TPSA) is 47.6 Å². The minimum atomic E-state index is -0.139. The van der Waals surface area contributed by atoms with E-state index >= 15 is 0 Å². The number of carbonyl (C=O) groups is 1. The van der Waals surface area contributed by atoms with E-state index in [1.54, 1.807) is 0 Å². The van der Waals surface area contributed by atoms with Gasteiger partial charge in [0.15, 0.2) is 0 Å². The molecule has 1 aliphatic heterocycles. The predicted octanol–water partition coefficient (Wildman–Crippen LogP) is 2.13. The lowest BCUT2D eigenvalue weighted by Crippen LogP contribution is -2.45. The van der Waals surface area contributed by atoms with Crippen LogP contribution in [0, 0.1) is 5.92 Å². The third-order valence-electron chi connectivity index (χ3n) is 3.55. The van der Waals surface area contributed by atoms with E-state index in [1.807, 2.05) is 25.1 Å². The van der Waals surface area contributed by atoms with Crippen LogP contribution in [0.15, 0.2) is 30.3 Å². The third-order valence-corrected chi connectivity index (χ3v) is 3.55. The Bertz CT molecular complexity index is 399. The fraction of sp³-hybridized carbons (Fsp3) is 0.562. The summed E-state index contributed by atoms with van der Waals surface area (Å²) in [5.74, 6) is 0.348. The molecule has 1 aromatic carbocycles. The molecule has 0 aromatic heterocycles. The van der Waals surface area contributed by atoms with Crippen LogP contribution in [-0.4, -0.2) is 31.8 Å². The van der Waals surface area contributed by atoms with Crippen molar-refractivity contribution in [3.8, 4) is 0 Å². The Balaban J connectivity index is 1.63. The summed E-state index contributed by atoms with van der Waals surface area (Å²) in [7, 11) is 0. The average Bonchev–Trinajstić information content (AvgIpc) is 2.49. The zero-order valence-electron chi connectivity index (χ0n) is 12.0. The molecular weight excluding hydrogens is 254 g/mol. The monoisotopic (exact) mass is 277 g/mol. The van der Waals surface area contributed by atoms with Gasteiger partial charge in [0.25, 0.3) is 0 Å². The third kappa shape index (κ3) is 4.62. The van der Waals surface area contributed by atoms with Gasteiger partial charge in [0.2, 0.25) is 0 Å². The molecule has 2 rings (SSSR count). The van der Waals surface area contributed by atoms with E-state index in [9.17, 15) is 4.79 Å². The molecule has 1 aromatic rings. The van der Waals surface area contributed by atoms with Gasteiger partial charge in [0.05, 0.1) is 19.8 Å². The lowest BCUT2D eigenvalue weighted by atomic mass is 9.95. The first-order valence-corrected chi connectivity index (χ1v) is 7.31. The fourth-order valence-corrected chi connectivity index (χ4v) is 2.42. The first-order valence-electron chi connectivity index (χ1n) is 7.31. The van der Waals surface area contributed by atoms with Crippen LogP contribution in [0.3, 0.4) is 0 Å². The van der Waals surface area contributed by atoms with Gasteiger partial charge in [-0.05, 0) is 31.2 Å². The van der Waals surface area contributed by atoms with Crippen molar-refractivity contribution in [1.29, 1.82) is 0 Å². The molecule has 1 heterocycles. The van der Waals surface area contributed by atoms with Gasteiger partial charge in [-0.15, -0.1) is 0 Å². The lowest BCUT2D eigenvalue weighted by Gasteiger charge is -2.28. The minimum absolute atomic E-state index is 0.129. The summed E-state index contributed by atoms with van der Waals surface area (Å²) in [6, 6.07) is 10.0. The number of hydrogen-bond donors (Lipinski definition) is 1. The van der Waals surface area contributed by atoms with Gasteiger partial charge in [0, 0.05) is 6.54 Å². The Labute approximate surface area is 120 Å². The van der Waals surface area contributed by atoms with E-state index in [4.69, 9.17) is 9.47 Å². The molecule has 0 aliphatic carbocycles. The molecule has 110 valence electrons. The van der Waals surface area contributed by atoms with E-state index in [-0.39, 0.29) is 12.0 Å². The van der Waals surface area contributed by atoms with Crippen molar-refractivity contribution in [3.63, 3.8) is 0 Å². The molecule has 1 N–H and O–H groups in total. The highest BCUT2D eigenvalue weighted by atomic mass is 16.5. The first-order chi connectivity index (χ1) is 9.79. The second-order valence-electron chi connectivity index (χ2n) is 5.16. The number of hydrogen-bond acceptors (Lipinski definition) is 4. The predicted molar refractivity (Wildman–Crippen MR) is 77.2 cm³/mol. The van der Waals surface area contributed by atoms with Gasteiger partial charge in [-0.2, -0.15) is 0 Å². The van der Waals surface area contributed by atoms with Gasteiger partial charge >= 0.3 is 5.97 Å². The second-order valence-corrected chi connectivity index (χ2v) is 5.16. The maximum absolute atomic E-state index is 11.6. The number of rotatable bonds is 6. The molecule has 0 unspecified atom stereocenters. The summed E-state index contributed by atoms with van der Waals surface area (Å²) in [5.41, 5.74) is 1.20. The van der Waals surface area contributed by atoms with Crippen LogP contribution in [0.25, 0.3) is 0 Å². The van der Waals surface area contributed by atoms with E-state index in [1.165, 1.54) is 5.56 Å². The van der Waals surface area contributed by atoms with Crippen molar-refractivity contribution in [3.05, 3.63) is 35.9 Å². The first kappa shape index (κ1) is 15.0. The Morgan fingerprint density at radius 3 is 2.75 bits per heavy atom. The molecule has 0 radical (unpaired) electrons. The van der Waals surface area contributed by atoms with Crippen LogP contribution in [0.5, 0.6) is 0 Å². The molecule has 4 heteroatoms. The highest BCUT2D eigenvalue weighted by molar-refractivity contribution is 5.75. The summed E-state index contributed by atoms with van der Waals surface area (Å²) in [4.78, 5) is 11.6. The molecule has 0 saturated carbocycles. The molecule has 2 atom stereocenters. The number of benzene rings is 1. The molecule has 4 nitrogen and oxygen atoms in total. The van der Waals surface area contributed by atoms with E-state index in [0.29, 0.717) is 19.1 Å². The Hall–Kier alpha value is -1.39. The molecule has 1 fully saturated rings. The van der Waals surface area contributed by atoms with Crippen LogP contribution in [0.2, 0.25) is 0 Å². The molecule has 0 spiro atoms. The summed E-state index contributed by atoms with van der Waals surface area (Å²) < 4.78 is 10.8. The van der Waals surface area contributed by atoms with Crippen LogP contribution < -0.4 is 5.32 Å². The Morgan fingerprint density at radius 2 is 2.10 bits per heavy atom. The number of carbonyl (C=O) groups excluding carboxylic acids is 1. The van der Waals surface area contributed by atoms with Gasteiger partial charge in [-0.25, -0.2) is 0 Å². The Kier molecular flexibility index (Phi) is 6.02. The standard InChI is InChI=1S/C16H23NO3/c1-2-20-16(18)15-9-8-14(10-17-15)12-19-11-13-6-4-3-5-7-13/h3-7,14-15,17H,2,8-12H2,1H3/t14-,15+/m1/s1. The zero-order valence-corrected chi connectivity index (χ0v) is 12.0. The van der Waals surface area contributed by atoms with Crippen molar-refractivity contribution >= 4 is 5.97 Å². The van der Waals surface area contributed by atoms with E-state index in [0.717, 1.165) is 26.0 Å². The van der Waals surface area contributed by atoms with E-state index in [2.05, 4.69) is 17.4 Å². The zero-order chi connectivity index (χ0) is 14.2. The summed E-state index contributed by atoms with van der Waals surface area (Å²) in [6.07, 6.45) is 1.84. The van der Waals surface area contributed by atoms with Gasteiger partial charge in [0.1, 0.15) is 6.04 Å². The largest absolute Gasteiger partial charge is 0.465 e. The molecule has 1 aliphatic rings. The van der Waals surface area contributed by atoms with Crippen LogP contribution in [0.1, 0.15) is 25.3 Å². The lowest BCUT2D eigenvalue weighted by molar-refractivity contribution is -0.146. The average molecular weight is 277 g/mol. The number of esters is 1. The maximum Gasteiger partial charge on any atom is 0.323 e. The molecule has 0 amide bonds. The van der Waals surface area contributed by atoms with Crippen molar-refractivity contribution in [2.75, 3.05) is 19.8 Å².